The standard InChI is InChI=1S/C15H16Cl2N2O2/c1-2-3-9-19-13(11(16)12(17)15(19)21)18-14(20)10-7-5-4-6-8-10/h4-8,13H,2-3,9H2,1H3,(H,18,20)/t13-/m0/s1. The van der Waals surface area contributed by atoms with E-state index in [1.54, 1.807) is 24.3 Å². The molecule has 0 saturated carbocycles. The minimum Gasteiger partial charge on any atom is -0.327 e. The van der Waals surface area contributed by atoms with E-state index >= 15 is 0 Å². The van der Waals surface area contributed by atoms with Crippen molar-refractivity contribution in [1.29, 1.82) is 0 Å². The van der Waals surface area contributed by atoms with Crippen molar-refractivity contribution in [2.75, 3.05) is 6.54 Å². The Kier molecular flexibility index (Phi) is 5.26. The number of hydrogen-bond acceptors (Lipinski definition) is 2. The van der Waals surface area contributed by atoms with E-state index in [2.05, 4.69) is 5.32 Å². The van der Waals surface area contributed by atoms with Crippen LogP contribution in [0.15, 0.2) is 40.4 Å². The summed E-state index contributed by atoms with van der Waals surface area (Å²) in [6.45, 7) is 2.52. The Balaban J connectivity index is 2.15. The number of benzene rings is 1. The maximum atomic E-state index is 12.2. The molecule has 0 unspecified atom stereocenters. The smallest absolute Gasteiger partial charge is 0.268 e. The Morgan fingerprint density at radius 1 is 1.29 bits per heavy atom. The third-order valence-electron chi connectivity index (χ3n) is 3.27. The molecule has 1 aliphatic heterocycles. The molecule has 0 radical (unpaired) electrons. The van der Waals surface area contributed by atoms with Gasteiger partial charge in [0, 0.05) is 12.1 Å². The fourth-order valence-electron chi connectivity index (χ4n) is 2.10. The van der Waals surface area contributed by atoms with Crippen LogP contribution in [0.2, 0.25) is 0 Å². The van der Waals surface area contributed by atoms with Crippen LogP contribution in [-0.4, -0.2) is 29.4 Å². The van der Waals surface area contributed by atoms with Crippen molar-refractivity contribution in [1.82, 2.24) is 10.2 Å². The Labute approximate surface area is 133 Å². The molecule has 1 N–H and O–H groups in total. The van der Waals surface area contributed by atoms with Gasteiger partial charge in [-0.3, -0.25) is 9.59 Å². The first-order chi connectivity index (χ1) is 10.1. The van der Waals surface area contributed by atoms with Gasteiger partial charge in [-0.2, -0.15) is 0 Å². The summed E-state index contributed by atoms with van der Waals surface area (Å²) in [6.07, 6.45) is 1.06. The number of amides is 2. The maximum Gasteiger partial charge on any atom is 0.268 e. The fourth-order valence-corrected chi connectivity index (χ4v) is 2.56. The molecule has 1 heterocycles. The second-order valence-corrected chi connectivity index (χ2v) is 5.54. The molecule has 4 nitrogen and oxygen atoms in total. The average Bonchev–Trinajstić information content (AvgIpc) is 2.71. The van der Waals surface area contributed by atoms with Crippen LogP contribution in [0.3, 0.4) is 0 Å². The van der Waals surface area contributed by atoms with Crippen molar-refractivity contribution in [3.8, 4) is 0 Å². The zero-order chi connectivity index (χ0) is 15.4. The zero-order valence-corrected chi connectivity index (χ0v) is 13.1. The predicted molar refractivity (Wildman–Crippen MR) is 83.0 cm³/mol. The third kappa shape index (κ3) is 3.39. The third-order valence-corrected chi connectivity index (χ3v) is 4.12. The van der Waals surface area contributed by atoms with Crippen molar-refractivity contribution in [2.24, 2.45) is 0 Å². The van der Waals surface area contributed by atoms with Crippen LogP contribution in [0, 0.1) is 0 Å². The fraction of sp³-hybridized carbons (Fsp3) is 0.333. The van der Waals surface area contributed by atoms with Crippen LogP contribution in [0.25, 0.3) is 0 Å². The second-order valence-electron chi connectivity index (χ2n) is 4.76. The number of halogens is 2. The minimum absolute atomic E-state index is 0.0221. The Bertz CT molecular complexity index is 572. The van der Waals surface area contributed by atoms with Gasteiger partial charge in [-0.1, -0.05) is 54.7 Å². The molecule has 21 heavy (non-hydrogen) atoms. The minimum atomic E-state index is -0.689. The van der Waals surface area contributed by atoms with Gasteiger partial charge in [-0.25, -0.2) is 0 Å². The average molecular weight is 327 g/mol. The molecule has 2 amide bonds. The quantitative estimate of drug-likeness (QED) is 0.903. The summed E-state index contributed by atoms with van der Waals surface area (Å²) in [5.74, 6) is -0.632. The van der Waals surface area contributed by atoms with E-state index < -0.39 is 6.17 Å². The summed E-state index contributed by atoms with van der Waals surface area (Å²) in [7, 11) is 0. The molecule has 1 aromatic rings. The topological polar surface area (TPSA) is 49.4 Å². The van der Waals surface area contributed by atoms with Gasteiger partial charge in [-0.05, 0) is 18.6 Å². The molecule has 112 valence electrons. The lowest BCUT2D eigenvalue weighted by atomic mass is 10.2. The van der Waals surface area contributed by atoms with Crippen molar-refractivity contribution in [3.63, 3.8) is 0 Å². The van der Waals surface area contributed by atoms with Gasteiger partial charge in [0.1, 0.15) is 11.2 Å². The molecule has 1 atom stereocenters. The molecule has 1 aromatic carbocycles. The highest BCUT2D eigenvalue weighted by atomic mass is 35.5. The normalized spacial score (nSPS) is 18.3. The molecule has 2 rings (SSSR count). The van der Waals surface area contributed by atoms with Crippen molar-refractivity contribution in [2.45, 2.75) is 25.9 Å². The molecular weight excluding hydrogens is 311 g/mol. The highest BCUT2D eigenvalue weighted by Crippen LogP contribution is 2.30. The van der Waals surface area contributed by atoms with Crippen LogP contribution in [0.1, 0.15) is 30.1 Å². The summed E-state index contributed by atoms with van der Waals surface area (Å²) < 4.78 is 0. The lowest BCUT2D eigenvalue weighted by molar-refractivity contribution is -0.126. The van der Waals surface area contributed by atoms with Gasteiger partial charge in [-0.15, -0.1) is 0 Å². The Morgan fingerprint density at radius 2 is 1.95 bits per heavy atom. The van der Waals surface area contributed by atoms with Gasteiger partial charge in [0.15, 0.2) is 0 Å². The first-order valence-corrected chi connectivity index (χ1v) is 7.54. The van der Waals surface area contributed by atoms with Crippen molar-refractivity contribution >= 4 is 35.0 Å². The molecule has 6 heteroatoms. The number of unbranched alkanes of at least 4 members (excludes halogenated alkanes) is 1. The molecule has 0 fully saturated rings. The summed E-state index contributed by atoms with van der Waals surface area (Å²) in [6, 6.07) is 8.76. The van der Waals surface area contributed by atoms with Crippen LogP contribution >= 0.6 is 23.2 Å². The molecule has 0 spiro atoms. The molecule has 0 bridgehead atoms. The van der Waals surface area contributed by atoms with E-state index in [4.69, 9.17) is 23.2 Å². The predicted octanol–water partition coefficient (Wildman–Crippen LogP) is 3.07. The Hall–Kier alpha value is -1.52. The van der Waals surface area contributed by atoms with E-state index in [1.807, 2.05) is 13.0 Å². The van der Waals surface area contributed by atoms with Gasteiger partial charge in [0.25, 0.3) is 11.8 Å². The lowest BCUT2D eigenvalue weighted by Gasteiger charge is -2.26. The van der Waals surface area contributed by atoms with Crippen LogP contribution in [0.5, 0.6) is 0 Å². The number of carbonyl (C=O) groups is 2. The number of hydrogen-bond donors (Lipinski definition) is 1. The maximum absolute atomic E-state index is 12.2. The summed E-state index contributed by atoms with van der Waals surface area (Å²) in [5, 5.41) is 2.90. The number of nitrogens with zero attached hydrogens (tertiary/aromatic N) is 1. The number of rotatable bonds is 5. The SMILES string of the molecule is CCCCN1C(=O)C(Cl)=C(Cl)[C@H]1NC(=O)c1ccccc1. The second kappa shape index (κ2) is 6.96. The highest BCUT2D eigenvalue weighted by molar-refractivity contribution is 6.49. The molecular formula is C15H16Cl2N2O2. The number of nitrogens with one attached hydrogen (secondary N) is 1. The summed E-state index contributed by atoms with van der Waals surface area (Å²) in [5.41, 5.74) is 0.507. The first-order valence-electron chi connectivity index (χ1n) is 6.78. The zero-order valence-electron chi connectivity index (χ0n) is 11.6. The summed E-state index contributed by atoms with van der Waals surface area (Å²) >= 11 is 12.0. The molecule has 0 saturated heterocycles. The van der Waals surface area contributed by atoms with E-state index in [9.17, 15) is 9.59 Å². The van der Waals surface area contributed by atoms with Gasteiger partial charge in [0.05, 0.1) is 5.03 Å². The van der Waals surface area contributed by atoms with Crippen LogP contribution in [-0.2, 0) is 4.79 Å². The van der Waals surface area contributed by atoms with Crippen molar-refractivity contribution < 1.29 is 9.59 Å². The van der Waals surface area contributed by atoms with Gasteiger partial charge < -0.3 is 10.2 Å². The van der Waals surface area contributed by atoms with E-state index in [-0.39, 0.29) is 21.9 Å². The van der Waals surface area contributed by atoms with Gasteiger partial charge in [0.2, 0.25) is 0 Å². The highest BCUT2D eigenvalue weighted by Gasteiger charge is 2.38. The van der Waals surface area contributed by atoms with Crippen molar-refractivity contribution in [3.05, 3.63) is 46.0 Å². The van der Waals surface area contributed by atoms with E-state index in [0.717, 1.165) is 12.8 Å². The largest absolute Gasteiger partial charge is 0.327 e. The number of carbonyl (C=O) groups excluding carboxylic acids is 2. The summed E-state index contributed by atoms with van der Waals surface area (Å²) in [4.78, 5) is 25.8. The molecule has 1 aliphatic rings. The van der Waals surface area contributed by atoms with Gasteiger partial charge >= 0.3 is 0 Å². The lowest BCUT2D eigenvalue weighted by Crippen LogP contribution is -2.47. The van der Waals surface area contributed by atoms with E-state index in [0.29, 0.717) is 12.1 Å². The Morgan fingerprint density at radius 3 is 2.57 bits per heavy atom. The molecule has 0 aromatic heterocycles. The molecule has 0 aliphatic carbocycles. The van der Waals surface area contributed by atoms with Crippen LogP contribution < -0.4 is 5.32 Å². The monoisotopic (exact) mass is 326 g/mol. The van der Waals surface area contributed by atoms with Crippen LogP contribution in [0.4, 0.5) is 0 Å². The first kappa shape index (κ1) is 15.9. The van der Waals surface area contributed by atoms with E-state index in [1.165, 1.54) is 4.90 Å².